The third-order valence-electron chi connectivity index (χ3n) is 22.4. The van der Waals surface area contributed by atoms with Gasteiger partial charge in [0.05, 0.1) is 30.4 Å². The Bertz CT molecular complexity index is 1690. The average molecular weight is 843 g/mol. The fourth-order valence-electron chi connectivity index (χ4n) is 19.9. The fraction of sp³-hybridized carbons (Fsp3) is 0.895. The summed E-state index contributed by atoms with van der Waals surface area (Å²) in [6, 6.07) is 2.99. The predicted molar refractivity (Wildman–Crippen MR) is 251 cm³/mol. The van der Waals surface area contributed by atoms with Gasteiger partial charge in [-0.2, -0.15) is 5.26 Å². The van der Waals surface area contributed by atoms with Crippen molar-refractivity contribution in [3.05, 3.63) is 24.3 Å². The summed E-state index contributed by atoms with van der Waals surface area (Å²) in [5, 5.41) is 19.2. The highest BCUT2D eigenvalue weighted by atomic mass is 16.5. The lowest BCUT2D eigenvalue weighted by Crippen LogP contribution is -2.62. The van der Waals surface area contributed by atoms with Crippen LogP contribution in [-0.2, 0) is 4.74 Å². The third kappa shape index (κ3) is 7.28. The summed E-state index contributed by atoms with van der Waals surface area (Å²) in [6.45, 7) is 0. The molecule has 17 atom stereocenters. The van der Waals surface area contributed by atoms with Crippen LogP contribution >= 0.6 is 0 Å². The van der Waals surface area contributed by atoms with Gasteiger partial charge in [0.1, 0.15) is 12.0 Å². The molecule has 0 aromatic heterocycles. The second-order valence-corrected chi connectivity index (χ2v) is 24.7. The van der Waals surface area contributed by atoms with Crippen LogP contribution in [-0.4, -0.2) is 30.4 Å². The fourth-order valence-corrected chi connectivity index (χ4v) is 19.9. The largest absolute Gasteiger partial charge is 0.374 e. The molecular formula is C57H86N4O. The van der Waals surface area contributed by atoms with Crippen LogP contribution in [0.3, 0.4) is 0 Å². The SMILES string of the molecule is N#CC1CC2C(C3CCC=CC13)C1CCC(C3CCC(C4CCCC(C5N=C(C6CCCCC6)NC(C6CCCCC6)N5)C4)CC3)CC1C21C2C=CCCC2OC2CCCCC21. The van der Waals surface area contributed by atoms with E-state index in [1.165, 1.54) is 198 Å². The molecule has 0 aromatic rings. The van der Waals surface area contributed by atoms with Gasteiger partial charge < -0.3 is 10.1 Å². The molecule has 2 N–H and O–H groups in total. The lowest BCUT2D eigenvalue weighted by molar-refractivity contribution is -0.227. The van der Waals surface area contributed by atoms with E-state index in [0.29, 0.717) is 53.6 Å². The van der Waals surface area contributed by atoms with E-state index in [0.717, 1.165) is 65.1 Å². The van der Waals surface area contributed by atoms with E-state index in [2.05, 4.69) is 41.0 Å². The van der Waals surface area contributed by atoms with Crippen molar-refractivity contribution in [2.45, 2.75) is 217 Å². The van der Waals surface area contributed by atoms with Crippen LogP contribution < -0.4 is 10.6 Å². The van der Waals surface area contributed by atoms with Crippen LogP contribution in [0.4, 0.5) is 0 Å². The molecule has 17 unspecified atom stereocenters. The summed E-state index contributed by atoms with van der Waals surface area (Å²) in [7, 11) is 0. The molecule has 12 rings (SSSR count). The van der Waals surface area contributed by atoms with Gasteiger partial charge in [-0.3, -0.25) is 10.3 Å². The van der Waals surface area contributed by atoms with Crippen LogP contribution in [0.25, 0.3) is 0 Å². The topological polar surface area (TPSA) is 69.4 Å². The molecule has 0 aromatic carbocycles. The van der Waals surface area contributed by atoms with E-state index in [1.54, 1.807) is 0 Å². The van der Waals surface area contributed by atoms with Crippen LogP contribution in [0.1, 0.15) is 193 Å². The summed E-state index contributed by atoms with van der Waals surface area (Å²) < 4.78 is 7.28. The quantitative estimate of drug-likeness (QED) is 0.271. The first kappa shape index (κ1) is 41.8. The maximum Gasteiger partial charge on any atom is 0.106 e. The molecule has 340 valence electrons. The van der Waals surface area contributed by atoms with E-state index >= 15 is 0 Å². The second kappa shape index (κ2) is 17.9. The van der Waals surface area contributed by atoms with Gasteiger partial charge in [-0.25, -0.2) is 0 Å². The first-order valence-corrected chi connectivity index (χ1v) is 28.2. The van der Waals surface area contributed by atoms with E-state index in [-0.39, 0.29) is 5.92 Å². The van der Waals surface area contributed by atoms with Crippen LogP contribution in [0, 0.1) is 111 Å². The normalized spacial score (nSPS) is 50.8. The van der Waals surface area contributed by atoms with Crippen molar-refractivity contribution in [3.63, 3.8) is 0 Å². The van der Waals surface area contributed by atoms with Gasteiger partial charge in [0.25, 0.3) is 0 Å². The zero-order chi connectivity index (χ0) is 41.2. The molecule has 1 spiro atoms. The van der Waals surface area contributed by atoms with Gasteiger partial charge in [0.15, 0.2) is 0 Å². The van der Waals surface area contributed by atoms with E-state index in [1.807, 2.05) is 0 Å². The molecule has 0 bridgehead atoms. The smallest absolute Gasteiger partial charge is 0.106 e. The van der Waals surface area contributed by atoms with Crippen LogP contribution in [0.2, 0.25) is 0 Å². The number of hydrogen-bond acceptors (Lipinski definition) is 5. The zero-order valence-corrected chi connectivity index (χ0v) is 38.9. The number of ether oxygens (including phenoxy) is 1. The zero-order valence-electron chi connectivity index (χ0n) is 38.9. The Morgan fingerprint density at radius 1 is 0.565 bits per heavy atom. The number of allylic oxidation sites excluding steroid dienone is 3. The number of nitrogens with zero attached hydrogens (tertiary/aromatic N) is 2. The van der Waals surface area contributed by atoms with Gasteiger partial charge in [-0.1, -0.05) is 88.5 Å². The van der Waals surface area contributed by atoms with Crippen molar-refractivity contribution < 1.29 is 4.74 Å². The van der Waals surface area contributed by atoms with Gasteiger partial charge in [-0.15, -0.1) is 0 Å². The molecule has 5 heteroatoms. The average Bonchev–Trinajstić information content (AvgIpc) is 3.64. The third-order valence-corrected chi connectivity index (χ3v) is 22.4. The summed E-state index contributed by atoms with van der Waals surface area (Å²) in [5.41, 5.74) is 0.354. The van der Waals surface area contributed by atoms with Crippen molar-refractivity contribution >= 4 is 5.84 Å². The highest BCUT2D eigenvalue weighted by Gasteiger charge is 2.72. The molecule has 2 heterocycles. The first-order valence-electron chi connectivity index (χ1n) is 28.2. The Kier molecular flexibility index (Phi) is 12.0. The van der Waals surface area contributed by atoms with Gasteiger partial charge >= 0.3 is 0 Å². The second-order valence-electron chi connectivity index (χ2n) is 24.7. The molecule has 1 saturated heterocycles. The number of hydrogen-bond donors (Lipinski definition) is 2. The Hall–Kier alpha value is -1.64. The molecule has 0 radical (unpaired) electrons. The molecule has 10 aliphatic carbocycles. The highest BCUT2D eigenvalue weighted by molar-refractivity contribution is 5.85. The molecule has 62 heavy (non-hydrogen) atoms. The van der Waals surface area contributed by atoms with Gasteiger partial charge in [-0.05, 0) is 211 Å². The van der Waals surface area contributed by atoms with Crippen molar-refractivity contribution in [1.29, 1.82) is 5.26 Å². The minimum Gasteiger partial charge on any atom is -0.374 e. The molecule has 5 nitrogen and oxygen atoms in total. The van der Waals surface area contributed by atoms with E-state index < -0.39 is 0 Å². The Balaban J connectivity index is 0.766. The van der Waals surface area contributed by atoms with Crippen LogP contribution in [0.15, 0.2) is 29.3 Å². The minimum atomic E-state index is 0.214. The van der Waals surface area contributed by atoms with E-state index in [9.17, 15) is 5.26 Å². The highest BCUT2D eigenvalue weighted by Crippen LogP contribution is 2.76. The van der Waals surface area contributed by atoms with Crippen LogP contribution in [0.5, 0.6) is 0 Å². The molecule has 2 aliphatic heterocycles. The van der Waals surface area contributed by atoms with Crippen molar-refractivity contribution in [2.75, 3.05) is 0 Å². The number of nitriles is 1. The monoisotopic (exact) mass is 843 g/mol. The lowest BCUT2D eigenvalue weighted by atomic mass is 9.45. The Morgan fingerprint density at radius 2 is 1.26 bits per heavy atom. The predicted octanol–water partition coefficient (Wildman–Crippen LogP) is 13.3. The Labute approximate surface area is 377 Å². The summed E-state index contributed by atoms with van der Waals surface area (Å²) in [6.07, 6.45) is 53.8. The summed E-state index contributed by atoms with van der Waals surface area (Å²) >= 11 is 0. The molecule has 12 aliphatic rings. The number of nitrogens with one attached hydrogen (secondary N) is 2. The van der Waals surface area contributed by atoms with E-state index in [4.69, 9.17) is 9.73 Å². The van der Waals surface area contributed by atoms with Gasteiger partial charge in [0, 0.05) is 11.8 Å². The maximum absolute atomic E-state index is 10.9. The number of aliphatic imine (C=N–C) groups is 1. The molecular weight excluding hydrogens is 757 g/mol. The molecule has 8 saturated carbocycles. The number of amidine groups is 1. The lowest BCUT2D eigenvalue weighted by Gasteiger charge is -2.63. The minimum absolute atomic E-state index is 0.214. The number of rotatable bonds is 5. The van der Waals surface area contributed by atoms with Crippen molar-refractivity contribution in [1.82, 2.24) is 10.6 Å². The summed E-state index contributed by atoms with van der Waals surface area (Å²) in [4.78, 5) is 5.66. The first-order chi connectivity index (χ1) is 30.7. The molecule has 0 amide bonds. The number of fused-ring (bicyclic) bond motifs is 11. The standard InChI is InChI=1S/C57H86N4O/c58-35-43-34-50-53(45-21-8-7-20-44(43)45)46-31-30-41(33-49(46)57(50)47-22-9-11-24-51(47)62-52-25-12-10-23-48(52)57)37-28-26-36(27-29-37)40-18-13-19-42(32-40)56-60-54(38-14-3-1-4-15-38)59-55(61-56)39-16-5-2-6-17-39/h7,9,20,22,36-54,56,60H,1-6,8,10-19,21,23-34H2,(H,59,61). The van der Waals surface area contributed by atoms with Crippen molar-refractivity contribution in [2.24, 2.45) is 105 Å². The Morgan fingerprint density at radius 3 is 2.08 bits per heavy atom. The van der Waals surface area contributed by atoms with Gasteiger partial charge in [0.2, 0.25) is 0 Å². The molecule has 9 fully saturated rings. The maximum atomic E-state index is 10.9. The summed E-state index contributed by atoms with van der Waals surface area (Å²) in [5.74, 6) is 13.3. The van der Waals surface area contributed by atoms with Crippen molar-refractivity contribution in [3.8, 4) is 6.07 Å².